The molecule has 1 aromatic carbocycles. The van der Waals surface area contributed by atoms with Gasteiger partial charge in [-0.2, -0.15) is 0 Å². The van der Waals surface area contributed by atoms with E-state index in [1.54, 1.807) is 0 Å². The third kappa shape index (κ3) is 4.83. The molecule has 0 bridgehead atoms. The molecule has 7 nitrogen and oxygen atoms in total. The third-order valence-corrected chi connectivity index (χ3v) is 5.69. The molecule has 2 atom stereocenters. The van der Waals surface area contributed by atoms with Crippen LogP contribution in [0.3, 0.4) is 0 Å². The van der Waals surface area contributed by atoms with Gasteiger partial charge in [-0.15, -0.1) is 12.4 Å². The molecule has 1 fully saturated rings. The van der Waals surface area contributed by atoms with Gasteiger partial charge < -0.3 is 15.8 Å². The molecule has 0 radical (unpaired) electrons. The first-order chi connectivity index (χ1) is 10.8. The van der Waals surface area contributed by atoms with Gasteiger partial charge in [-0.05, 0) is 57.0 Å². The van der Waals surface area contributed by atoms with Gasteiger partial charge in [0.05, 0.1) is 17.6 Å². The van der Waals surface area contributed by atoms with E-state index in [0.717, 1.165) is 25.9 Å². The Balaban J connectivity index is 0.00000288. The van der Waals surface area contributed by atoms with Crippen LogP contribution in [0.25, 0.3) is 0 Å². The summed E-state index contributed by atoms with van der Waals surface area (Å²) in [6, 6.07) is 3.88. The van der Waals surface area contributed by atoms with Gasteiger partial charge in [-0.3, -0.25) is 4.79 Å². The van der Waals surface area contributed by atoms with E-state index in [0.29, 0.717) is 0 Å². The van der Waals surface area contributed by atoms with E-state index in [-0.39, 0.29) is 40.6 Å². The first kappa shape index (κ1) is 20.7. The zero-order valence-electron chi connectivity index (χ0n) is 13.7. The highest BCUT2D eigenvalue weighted by Gasteiger charge is 2.26. The summed E-state index contributed by atoms with van der Waals surface area (Å²) >= 11 is 0. The van der Waals surface area contributed by atoms with E-state index in [1.165, 1.54) is 25.3 Å². The average molecular weight is 378 g/mol. The quantitative estimate of drug-likeness (QED) is 0.681. The van der Waals surface area contributed by atoms with E-state index >= 15 is 0 Å². The number of hydrogen-bond donors (Lipinski definition) is 3. The number of benzene rings is 1. The summed E-state index contributed by atoms with van der Waals surface area (Å²) < 4.78 is 32.8. The molecule has 9 heteroatoms. The Labute approximate surface area is 148 Å². The van der Waals surface area contributed by atoms with Crippen molar-refractivity contribution in [3.05, 3.63) is 23.8 Å². The Bertz CT molecular complexity index is 675. The number of piperidine rings is 1. The molecule has 1 aliphatic heterocycles. The van der Waals surface area contributed by atoms with Gasteiger partial charge in [0, 0.05) is 6.04 Å². The van der Waals surface area contributed by atoms with Crippen LogP contribution >= 0.6 is 12.4 Å². The molecule has 0 saturated carbocycles. The van der Waals surface area contributed by atoms with Crippen LogP contribution in [0, 0.1) is 5.92 Å². The number of methoxy groups -OCH3 is 1. The number of rotatable bonds is 6. The summed E-state index contributed by atoms with van der Waals surface area (Å²) in [5.41, 5.74) is 5.32. The first-order valence-electron chi connectivity index (χ1n) is 7.56. The van der Waals surface area contributed by atoms with Gasteiger partial charge in [0.15, 0.2) is 0 Å². The molecule has 1 aromatic rings. The number of halogens is 1. The van der Waals surface area contributed by atoms with Crippen molar-refractivity contribution < 1.29 is 17.9 Å². The summed E-state index contributed by atoms with van der Waals surface area (Å²) in [5.74, 6) is -0.239. The van der Waals surface area contributed by atoms with Crippen LogP contribution in [0.1, 0.15) is 30.1 Å². The number of nitrogens with one attached hydrogen (secondary N) is 2. The van der Waals surface area contributed by atoms with Gasteiger partial charge in [0.25, 0.3) is 5.91 Å². The molecule has 0 spiro atoms. The molecule has 4 N–H and O–H groups in total. The first-order valence-corrected chi connectivity index (χ1v) is 9.04. The maximum Gasteiger partial charge on any atom is 0.252 e. The van der Waals surface area contributed by atoms with Crippen molar-refractivity contribution >= 4 is 28.3 Å². The molecular weight excluding hydrogens is 354 g/mol. The Morgan fingerprint density at radius 3 is 2.71 bits per heavy atom. The predicted molar refractivity (Wildman–Crippen MR) is 94.1 cm³/mol. The summed E-state index contributed by atoms with van der Waals surface area (Å²) in [6.45, 7) is 3.61. The Morgan fingerprint density at radius 2 is 2.17 bits per heavy atom. The molecule has 24 heavy (non-hydrogen) atoms. The van der Waals surface area contributed by atoms with Crippen LogP contribution in [-0.4, -0.2) is 40.6 Å². The highest BCUT2D eigenvalue weighted by Crippen LogP contribution is 2.23. The van der Waals surface area contributed by atoms with E-state index in [9.17, 15) is 13.2 Å². The lowest BCUT2D eigenvalue weighted by Crippen LogP contribution is -2.44. The number of sulfonamides is 1. The number of amides is 1. The average Bonchev–Trinajstić information content (AvgIpc) is 2.54. The van der Waals surface area contributed by atoms with E-state index in [2.05, 4.69) is 10.0 Å². The fraction of sp³-hybridized carbons (Fsp3) is 0.533. The van der Waals surface area contributed by atoms with Crippen LogP contribution in [0.15, 0.2) is 23.1 Å². The summed E-state index contributed by atoms with van der Waals surface area (Å²) in [7, 11) is -2.34. The molecule has 136 valence electrons. The van der Waals surface area contributed by atoms with Gasteiger partial charge in [0.1, 0.15) is 5.75 Å². The topological polar surface area (TPSA) is 111 Å². The molecule has 2 rings (SSSR count). The maximum absolute atomic E-state index is 12.5. The highest BCUT2D eigenvalue weighted by molar-refractivity contribution is 7.89. The van der Waals surface area contributed by atoms with E-state index in [4.69, 9.17) is 10.5 Å². The fourth-order valence-electron chi connectivity index (χ4n) is 2.76. The zero-order chi connectivity index (χ0) is 17.0. The fourth-order valence-corrected chi connectivity index (χ4v) is 4.10. The second-order valence-corrected chi connectivity index (χ2v) is 7.46. The van der Waals surface area contributed by atoms with Crippen molar-refractivity contribution in [3.8, 4) is 5.75 Å². The number of nitrogens with two attached hydrogens (primary N) is 1. The van der Waals surface area contributed by atoms with Crippen molar-refractivity contribution in [2.24, 2.45) is 11.7 Å². The Hall–Kier alpha value is -1.35. The molecule has 1 saturated heterocycles. The van der Waals surface area contributed by atoms with Crippen LogP contribution in [-0.2, 0) is 10.0 Å². The van der Waals surface area contributed by atoms with Crippen molar-refractivity contribution in [3.63, 3.8) is 0 Å². The normalized spacial score (nSPS) is 19.2. The minimum Gasteiger partial charge on any atom is -0.496 e. The van der Waals surface area contributed by atoms with Gasteiger partial charge in [0.2, 0.25) is 10.0 Å². The molecule has 0 aliphatic carbocycles. The molecule has 2 unspecified atom stereocenters. The number of carbonyl (C=O) groups is 1. The summed E-state index contributed by atoms with van der Waals surface area (Å²) in [6.07, 6.45) is 2.01. The minimum atomic E-state index is -3.73. The Kier molecular flexibility index (Phi) is 7.47. The predicted octanol–water partition coefficient (Wildman–Crippen LogP) is 0.882. The van der Waals surface area contributed by atoms with E-state index in [1.807, 2.05) is 6.92 Å². The highest BCUT2D eigenvalue weighted by atomic mass is 35.5. The van der Waals surface area contributed by atoms with Crippen LogP contribution in [0.5, 0.6) is 5.75 Å². The molecule has 1 heterocycles. The molecule has 1 amide bonds. The van der Waals surface area contributed by atoms with Crippen LogP contribution < -0.4 is 20.5 Å². The second-order valence-electron chi connectivity index (χ2n) is 5.74. The van der Waals surface area contributed by atoms with Gasteiger partial charge in [-0.1, -0.05) is 0 Å². The lowest BCUT2D eigenvalue weighted by Gasteiger charge is -2.28. The lowest BCUT2D eigenvalue weighted by atomic mass is 9.94. The van der Waals surface area contributed by atoms with Crippen LogP contribution in [0.2, 0.25) is 0 Å². The molecular formula is C15H24ClN3O4S. The van der Waals surface area contributed by atoms with Crippen molar-refractivity contribution in [2.75, 3.05) is 20.2 Å². The lowest BCUT2D eigenvalue weighted by molar-refractivity contribution is 0.0997. The minimum absolute atomic E-state index is 0. The number of ether oxygens (including phenoxy) is 1. The van der Waals surface area contributed by atoms with Crippen LogP contribution in [0.4, 0.5) is 0 Å². The largest absolute Gasteiger partial charge is 0.496 e. The van der Waals surface area contributed by atoms with Gasteiger partial charge in [-0.25, -0.2) is 13.1 Å². The zero-order valence-corrected chi connectivity index (χ0v) is 15.4. The summed E-state index contributed by atoms with van der Waals surface area (Å²) in [5, 5.41) is 3.27. The van der Waals surface area contributed by atoms with Gasteiger partial charge >= 0.3 is 0 Å². The smallest absolute Gasteiger partial charge is 0.252 e. The molecule has 0 aromatic heterocycles. The summed E-state index contributed by atoms with van der Waals surface area (Å²) in [4.78, 5) is 11.5. The Morgan fingerprint density at radius 1 is 1.46 bits per heavy atom. The SMILES string of the molecule is COc1ccc(S(=O)(=O)NC(C)C2CCCNC2)cc1C(N)=O.Cl. The monoisotopic (exact) mass is 377 g/mol. The maximum atomic E-state index is 12.5. The van der Waals surface area contributed by atoms with Crippen molar-refractivity contribution in [1.82, 2.24) is 10.0 Å². The van der Waals surface area contributed by atoms with Crippen molar-refractivity contribution in [2.45, 2.75) is 30.7 Å². The molecule has 1 aliphatic rings. The second kappa shape index (κ2) is 8.66. The number of primary amides is 1. The van der Waals surface area contributed by atoms with Crippen molar-refractivity contribution in [1.29, 1.82) is 0 Å². The van der Waals surface area contributed by atoms with E-state index < -0.39 is 15.9 Å². The number of carbonyl (C=O) groups excluding carboxylic acids is 1. The third-order valence-electron chi connectivity index (χ3n) is 4.13. The number of hydrogen-bond acceptors (Lipinski definition) is 5. The standard InChI is InChI=1S/C15H23N3O4S.ClH/c1-10(11-4-3-7-17-9-11)18-23(20,21)12-5-6-14(22-2)13(8-12)15(16)19;/h5-6,8,10-11,17-18H,3-4,7,9H2,1-2H3,(H2,16,19);1H.